The first-order valence-corrected chi connectivity index (χ1v) is 8.86. The van der Waals surface area contributed by atoms with Gasteiger partial charge >= 0.3 is 5.97 Å². The minimum atomic E-state index is -0.120. The molecular weight excluding hydrogens is 248 g/mol. The van der Waals surface area contributed by atoms with Gasteiger partial charge in [0.2, 0.25) is 0 Å². The summed E-state index contributed by atoms with van der Waals surface area (Å²) in [5.74, 6) is 0.0804. The van der Waals surface area contributed by atoms with Gasteiger partial charge in [-0.25, -0.2) is 0 Å². The Morgan fingerprint density at radius 1 is 1.05 bits per heavy atom. The first-order chi connectivity index (χ1) is 9.63. The van der Waals surface area contributed by atoms with Crippen molar-refractivity contribution >= 4 is 5.97 Å². The fourth-order valence-corrected chi connectivity index (χ4v) is 3.13. The van der Waals surface area contributed by atoms with Crippen LogP contribution in [0.15, 0.2) is 0 Å². The molecule has 1 rings (SSSR count). The highest BCUT2D eigenvalue weighted by Crippen LogP contribution is 2.37. The summed E-state index contributed by atoms with van der Waals surface area (Å²) in [6.07, 6.45) is 14.3. The van der Waals surface area contributed by atoms with E-state index < -0.39 is 0 Å². The van der Waals surface area contributed by atoms with Crippen molar-refractivity contribution in [1.82, 2.24) is 0 Å². The van der Waals surface area contributed by atoms with Crippen LogP contribution in [0.4, 0.5) is 0 Å². The zero-order valence-electron chi connectivity index (χ0n) is 13.9. The van der Waals surface area contributed by atoms with Crippen molar-refractivity contribution in [3.8, 4) is 0 Å². The molecule has 1 aliphatic carbocycles. The highest BCUT2D eigenvalue weighted by Gasteiger charge is 2.36. The van der Waals surface area contributed by atoms with Crippen LogP contribution in [-0.4, -0.2) is 11.6 Å². The molecule has 0 radical (unpaired) electrons. The van der Waals surface area contributed by atoms with E-state index in [0.717, 1.165) is 25.7 Å². The molecule has 0 aromatic heterocycles. The Morgan fingerprint density at radius 3 is 2.30 bits per heavy atom. The van der Waals surface area contributed by atoms with Crippen LogP contribution in [-0.2, 0) is 9.53 Å². The maximum absolute atomic E-state index is 12.2. The quantitative estimate of drug-likeness (QED) is 0.404. The molecule has 0 aliphatic heterocycles. The minimum absolute atomic E-state index is 0.0305. The van der Waals surface area contributed by atoms with Gasteiger partial charge in [-0.1, -0.05) is 52.9 Å². The Kier molecular flexibility index (Phi) is 8.25. The molecular formula is C18H34O2. The van der Waals surface area contributed by atoms with Gasteiger partial charge in [-0.05, 0) is 44.9 Å². The van der Waals surface area contributed by atoms with Crippen LogP contribution < -0.4 is 0 Å². The summed E-state index contributed by atoms with van der Waals surface area (Å²) in [6, 6.07) is 0. The molecule has 0 amide bonds. The Bertz CT molecular complexity index is 267. The van der Waals surface area contributed by atoms with E-state index in [0.29, 0.717) is 0 Å². The van der Waals surface area contributed by atoms with E-state index in [-0.39, 0.29) is 17.5 Å². The summed E-state index contributed by atoms with van der Waals surface area (Å²) in [7, 11) is 0. The minimum Gasteiger partial charge on any atom is -0.459 e. The molecule has 0 heterocycles. The number of ether oxygens (including phenoxy) is 1. The summed E-state index contributed by atoms with van der Waals surface area (Å²) in [5, 5.41) is 0. The van der Waals surface area contributed by atoms with Gasteiger partial charge in [-0.3, -0.25) is 4.79 Å². The fourth-order valence-electron chi connectivity index (χ4n) is 3.13. The van der Waals surface area contributed by atoms with E-state index in [1.54, 1.807) is 0 Å². The second-order valence-corrected chi connectivity index (χ2v) is 6.64. The molecule has 118 valence electrons. The number of hydrogen-bond donors (Lipinski definition) is 0. The van der Waals surface area contributed by atoms with Gasteiger partial charge in [0.1, 0.15) is 5.60 Å². The molecule has 0 saturated heterocycles. The normalized spacial score (nSPS) is 19.6. The second-order valence-electron chi connectivity index (χ2n) is 6.64. The molecule has 1 saturated carbocycles. The van der Waals surface area contributed by atoms with Crippen LogP contribution in [0, 0.1) is 5.92 Å². The number of rotatable bonds is 9. The average Bonchev–Trinajstić information content (AvgIpc) is 2.47. The van der Waals surface area contributed by atoms with E-state index >= 15 is 0 Å². The third-order valence-corrected chi connectivity index (χ3v) is 4.83. The van der Waals surface area contributed by atoms with Gasteiger partial charge in [-0.15, -0.1) is 0 Å². The number of carbonyl (C=O) groups excluding carboxylic acids is 1. The smallest absolute Gasteiger partial charge is 0.309 e. The van der Waals surface area contributed by atoms with E-state index in [1.807, 2.05) is 6.92 Å². The van der Waals surface area contributed by atoms with Crippen LogP contribution in [0.1, 0.15) is 97.8 Å². The lowest BCUT2D eigenvalue weighted by atomic mass is 9.80. The van der Waals surface area contributed by atoms with Crippen molar-refractivity contribution in [1.29, 1.82) is 0 Å². The molecule has 0 N–H and O–H groups in total. The largest absolute Gasteiger partial charge is 0.459 e. The topological polar surface area (TPSA) is 26.3 Å². The number of unbranched alkanes of at least 4 members (excludes halogenated alkanes) is 4. The van der Waals surface area contributed by atoms with Crippen LogP contribution >= 0.6 is 0 Å². The van der Waals surface area contributed by atoms with Crippen molar-refractivity contribution in [3.05, 3.63) is 0 Å². The first-order valence-electron chi connectivity index (χ1n) is 8.86. The summed E-state index contributed by atoms with van der Waals surface area (Å²) in [5.41, 5.74) is -0.120. The lowest BCUT2D eigenvalue weighted by Crippen LogP contribution is -2.38. The molecule has 20 heavy (non-hydrogen) atoms. The Morgan fingerprint density at radius 2 is 1.70 bits per heavy atom. The van der Waals surface area contributed by atoms with Crippen molar-refractivity contribution in [3.63, 3.8) is 0 Å². The molecule has 1 atom stereocenters. The van der Waals surface area contributed by atoms with E-state index in [2.05, 4.69) is 13.8 Å². The van der Waals surface area contributed by atoms with Crippen LogP contribution in [0.25, 0.3) is 0 Å². The Hall–Kier alpha value is -0.530. The summed E-state index contributed by atoms with van der Waals surface area (Å²) < 4.78 is 6.00. The van der Waals surface area contributed by atoms with E-state index in [1.165, 1.54) is 51.4 Å². The lowest BCUT2D eigenvalue weighted by molar-refractivity contribution is -0.169. The SMILES string of the molecule is CCCCCCCC1(OC(=O)C(C)CC)CCCCC1. The van der Waals surface area contributed by atoms with Crippen LogP contribution in [0.2, 0.25) is 0 Å². The molecule has 0 aromatic rings. The summed E-state index contributed by atoms with van der Waals surface area (Å²) >= 11 is 0. The first kappa shape index (κ1) is 17.5. The Labute approximate surface area is 125 Å². The maximum atomic E-state index is 12.2. The van der Waals surface area contributed by atoms with Gasteiger partial charge in [0.15, 0.2) is 0 Å². The molecule has 2 heteroatoms. The van der Waals surface area contributed by atoms with Crippen LogP contribution in [0.5, 0.6) is 0 Å². The summed E-state index contributed by atoms with van der Waals surface area (Å²) in [6.45, 7) is 6.29. The molecule has 1 fully saturated rings. The third-order valence-electron chi connectivity index (χ3n) is 4.83. The number of carbonyl (C=O) groups is 1. The number of esters is 1. The van der Waals surface area contributed by atoms with E-state index in [4.69, 9.17) is 4.74 Å². The fraction of sp³-hybridized carbons (Fsp3) is 0.944. The van der Waals surface area contributed by atoms with Gasteiger partial charge in [-0.2, -0.15) is 0 Å². The number of hydrogen-bond acceptors (Lipinski definition) is 2. The van der Waals surface area contributed by atoms with Gasteiger partial charge in [0.05, 0.1) is 5.92 Å². The predicted molar refractivity (Wildman–Crippen MR) is 84.7 cm³/mol. The van der Waals surface area contributed by atoms with Gasteiger partial charge in [0, 0.05) is 0 Å². The van der Waals surface area contributed by atoms with Gasteiger partial charge in [0.25, 0.3) is 0 Å². The summed E-state index contributed by atoms with van der Waals surface area (Å²) in [4.78, 5) is 12.2. The van der Waals surface area contributed by atoms with Crippen molar-refractivity contribution < 1.29 is 9.53 Å². The maximum Gasteiger partial charge on any atom is 0.309 e. The zero-order valence-corrected chi connectivity index (χ0v) is 13.9. The van der Waals surface area contributed by atoms with Crippen molar-refractivity contribution in [2.45, 2.75) is 103 Å². The van der Waals surface area contributed by atoms with Crippen molar-refractivity contribution in [2.75, 3.05) is 0 Å². The monoisotopic (exact) mass is 282 g/mol. The molecule has 1 aliphatic rings. The molecule has 2 nitrogen and oxygen atoms in total. The Balaban J connectivity index is 2.46. The highest BCUT2D eigenvalue weighted by molar-refractivity contribution is 5.72. The third kappa shape index (κ3) is 5.85. The average molecular weight is 282 g/mol. The van der Waals surface area contributed by atoms with Crippen LogP contribution in [0.3, 0.4) is 0 Å². The second kappa shape index (κ2) is 9.41. The molecule has 0 spiro atoms. The van der Waals surface area contributed by atoms with Crippen molar-refractivity contribution in [2.24, 2.45) is 5.92 Å². The van der Waals surface area contributed by atoms with E-state index in [9.17, 15) is 4.79 Å². The highest BCUT2D eigenvalue weighted by atomic mass is 16.6. The molecule has 1 unspecified atom stereocenters. The lowest BCUT2D eigenvalue weighted by Gasteiger charge is -2.37. The molecule has 0 bridgehead atoms. The standard InChI is InChI=1S/C18H34O2/c1-4-6-7-8-10-13-18(14-11-9-12-15-18)20-17(19)16(3)5-2/h16H,4-15H2,1-3H3. The predicted octanol–water partition coefficient (Wildman–Crippen LogP) is 5.64. The molecule has 0 aromatic carbocycles. The zero-order chi connectivity index (χ0) is 14.8. The van der Waals surface area contributed by atoms with Gasteiger partial charge < -0.3 is 4.74 Å².